The molecular weight excluding hydrogens is 1390 g/mol. The van der Waals surface area contributed by atoms with Crippen LogP contribution in [0.5, 0.6) is 0 Å². The van der Waals surface area contributed by atoms with Gasteiger partial charge in [0.2, 0.25) is 0 Å². The van der Waals surface area contributed by atoms with Gasteiger partial charge in [-0.05, 0) is 162 Å². The Morgan fingerprint density at radius 1 is 0.364 bits per heavy atom. The SMILES string of the molecule is CCC(CC(C)c1ccc2c(c1)c1ccccc1n2-c1cccc(-n2c3ccccc3c3ccccc32)c1)c1c[c-]c(-c2nccn2-c2c(C)cc(C)cc2C)cc1.Cc1cc(C)c(-n2ccnc2-c2[c-]cccc2)c(C)c1.Cc1cc(C)c(-n2ccnc2-c2[c-]cccc2)c(C)c1.[Ir+3]. The Morgan fingerprint density at radius 3 is 1.12 bits per heavy atom. The molecule has 0 saturated heterocycles. The van der Waals surface area contributed by atoms with Crippen LogP contribution in [-0.2, 0) is 20.1 Å². The summed E-state index contributed by atoms with van der Waals surface area (Å²) >= 11 is 0. The maximum absolute atomic E-state index is 4.78. The Balaban J connectivity index is 0.000000174. The number of imidazole rings is 3. The zero-order valence-corrected chi connectivity index (χ0v) is 60.6. The third-order valence-corrected chi connectivity index (χ3v) is 19.3. The third kappa shape index (κ3) is 13.2. The second-order valence-corrected chi connectivity index (χ2v) is 26.5. The summed E-state index contributed by atoms with van der Waals surface area (Å²) in [5.41, 5.74) is 28.0. The smallest absolute Gasteiger partial charge is 0.340 e. The van der Waals surface area contributed by atoms with E-state index in [4.69, 9.17) is 4.98 Å². The molecule has 2 unspecified atom stereocenters. The fourth-order valence-corrected chi connectivity index (χ4v) is 15.2. The molecule has 0 aliphatic carbocycles. The molecule has 0 fully saturated rings. The van der Waals surface area contributed by atoms with E-state index in [1.54, 1.807) is 0 Å². The molecule has 99 heavy (non-hydrogen) atoms. The number of hydrogen-bond donors (Lipinski definition) is 0. The van der Waals surface area contributed by atoms with Gasteiger partial charge in [0.05, 0.1) is 39.5 Å². The van der Waals surface area contributed by atoms with Crippen LogP contribution in [0, 0.1) is 80.5 Å². The molecular formula is C90H81IrN8. The van der Waals surface area contributed by atoms with Gasteiger partial charge in [0.15, 0.2) is 0 Å². The fraction of sp³-hybridized carbons (Fsp3) is 0.167. The zero-order chi connectivity index (χ0) is 67.7. The van der Waals surface area contributed by atoms with E-state index in [9.17, 15) is 0 Å². The predicted octanol–water partition coefficient (Wildman–Crippen LogP) is 22.7. The quantitative estimate of drug-likeness (QED) is 0.108. The largest absolute Gasteiger partial charge is 3.00 e. The fourth-order valence-electron chi connectivity index (χ4n) is 15.2. The standard InChI is InChI=1S/C54H47N4.2C18H17N2.Ir/c1-6-39(40-22-24-41(25-23-40)54-55-28-29-56(54)53-37(4)30-35(2)31-38(53)5)32-36(3)42-26-27-52-48(33-42)47-18-9-12-21-51(47)58(52)44-15-13-14-43(34-44)57-49-19-10-7-16-45(49)46-17-8-11-20-50(46)57;2*1-13-11-14(2)17(15(3)12-13)20-10-9-19-18(20)16-7-5-4-6-8-16;/h7-24,26-31,33-34,36,39H,6,32H2,1-5H3;2*4-7,9-12H,1-3H3;/q3*-1;+3. The minimum Gasteiger partial charge on any atom is -0.340 e. The van der Waals surface area contributed by atoms with Crippen LogP contribution in [0.1, 0.15) is 99.7 Å². The molecule has 490 valence electrons. The summed E-state index contributed by atoms with van der Waals surface area (Å²) in [5.74, 6) is 3.58. The molecule has 11 aromatic carbocycles. The van der Waals surface area contributed by atoms with Gasteiger partial charge >= 0.3 is 20.1 Å². The van der Waals surface area contributed by atoms with E-state index in [0.29, 0.717) is 11.8 Å². The number of nitrogens with zero attached hydrogens (tertiary/aromatic N) is 8. The molecule has 0 spiro atoms. The van der Waals surface area contributed by atoms with Gasteiger partial charge in [0.25, 0.3) is 0 Å². The van der Waals surface area contributed by atoms with Crippen LogP contribution in [0.15, 0.2) is 256 Å². The van der Waals surface area contributed by atoms with Crippen molar-refractivity contribution in [2.24, 2.45) is 0 Å². The van der Waals surface area contributed by atoms with Gasteiger partial charge in [-0.15, -0.1) is 107 Å². The van der Waals surface area contributed by atoms with Gasteiger partial charge < -0.3 is 22.8 Å². The van der Waals surface area contributed by atoms with E-state index >= 15 is 0 Å². The van der Waals surface area contributed by atoms with Crippen molar-refractivity contribution in [2.45, 2.75) is 101 Å². The van der Waals surface area contributed by atoms with Crippen molar-refractivity contribution in [3.63, 3.8) is 0 Å². The summed E-state index contributed by atoms with van der Waals surface area (Å²) in [5, 5.41) is 5.12. The summed E-state index contributed by atoms with van der Waals surface area (Å²) in [6, 6.07) is 88.5. The molecule has 5 heterocycles. The van der Waals surface area contributed by atoms with E-state index in [0.717, 1.165) is 58.4 Å². The van der Waals surface area contributed by atoms with Crippen LogP contribution >= 0.6 is 0 Å². The molecule has 0 radical (unpaired) electrons. The van der Waals surface area contributed by atoms with Gasteiger partial charge in [-0.1, -0.05) is 146 Å². The molecule has 16 rings (SSSR count). The maximum Gasteiger partial charge on any atom is 3.00 e. The molecule has 0 saturated carbocycles. The average molecular weight is 1470 g/mol. The van der Waals surface area contributed by atoms with Crippen molar-refractivity contribution in [3.8, 4) is 62.6 Å². The van der Waals surface area contributed by atoms with Gasteiger partial charge in [0.1, 0.15) is 0 Å². The van der Waals surface area contributed by atoms with E-state index in [-0.39, 0.29) is 20.1 Å². The minimum absolute atomic E-state index is 0. The number of aromatic nitrogens is 8. The first kappa shape index (κ1) is 66.9. The van der Waals surface area contributed by atoms with Crippen LogP contribution in [0.4, 0.5) is 0 Å². The molecule has 0 bridgehead atoms. The molecule has 0 N–H and O–H groups in total. The molecule has 0 aliphatic rings. The second kappa shape index (κ2) is 28.8. The van der Waals surface area contributed by atoms with Crippen molar-refractivity contribution in [1.29, 1.82) is 0 Å². The van der Waals surface area contributed by atoms with Crippen LogP contribution < -0.4 is 0 Å². The summed E-state index contributed by atoms with van der Waals surface area (Å²) in [6.07, 6.45) is 13.8. The van der Waals surface area contributed by atoms with Crippen LogP contribution in [0.2, 0.25) is 0 Å². The van der Waals surface area contributed by atoms with Gasteiger partial charge in [0, 0.05) is 87.2 Å². The molecule has 8 nitrogen and oxygen atoms in total. The first-order valence-corrected chi connectivity index (χ1v) is 34.1. The Labute approximate surface area is 596 Å². The van der Waals surface area contributed by atoms with Crippen molar-refractivity contribution >= 4 is 43.6 Å². The van der Waals surface area contributed by atoms with Crippen molar-refractivity contribution < 1.29 is 20.1 Å². The number of para-hydroxylation sites is 3. The van der Waals surface area contributed by atoms with Crippen molar-refractivity contribution in [2.75, 3.05) is 0 Å². The van der Waals surface area contributed by atoms with Crippen molar-refractivity contribution in [3.05, 3.63) is 335 Å². The van der Waals surface area contributed by atoms with E-state index in [2.05, 4.69) is 303 Å². The molecule has 16 aromatic rings. The van der Waals surface area contributed by atoms with E-state index in [1.165, 1.54) is 122 Å². The normalized spacial score (nSPS) is 11.9. The minimum atomic E-state index is 0. The van der Waals surface area contributed by atoms with Crippen LogP contribution in [0.3, 0.4) is 0 Å². The van der Waals surface area contributed by atoms with Crippen LogP contribution in [0.25, 0.3) is 106 Å². The monoisotopic (exact) mass is 1470 g/mol. The summed E-state index contributed by atoms with van der Waals surface area (Å²) in [6.45, 7) is 24.1. The van der Waals surface area contributed by atoms with E-state index < -0.39 is 0 Å². The summed E-state index contributed by atoms with van der Waals surface area (Å²) in [7, 11) is 0. The first-order valence-electron chi connectivity index (χ1n) is 34.1. The molecule has 0 aliphatic heterocycles. The Kier molecular flexibility index (Phi) is 19.4. The van der Waals surface area contributed by atoms with Crippen LogP contribution in [-0.4, -0.2) is 37.8 Å². The number of aryl methyl sites for hydroxylation is 9. The number of rotatable bonds is 13. The van der Waals surface area contributed by atoms with E-state index in [1.807, 2.05) is 79.5 Å². The maximum atomic E-state index is 4.78. The average Bonchev–Trinajstić information content (AvgIpc) is 1.60. The Bertz CT molecular complexity index is 5290. The summed E-state index contributed by atoms with van der Waals surface area (Å²) < 4.78 is 11.4. The Hall–Kier alpha value is -10.7. The first-order chi connectivity index (χ1) is 47.7. The topological polar surface area (TPSA) is 63.3 Å². The predicted molar refractivity (Wildman–Crippen MR) is 407 cm³/mol. The van der Waals surface area contributed by atoms with Crippen molar-refractivity contribution in [1.82, 2.24) is 37.8 Å². The molecule has 2 atom stereocenters. The number of benzene rings is 11. The number of fused-ring (bicyclic) bond motifs is 6. The van der Waals surface area contributed by atoms with Gasteiger partial charge in [-0.2, -0.15) is 0 Å². The second-order valence-electron chi connectivity index (χ2n) is 26.5. The van der Waals surface area contributed by atoms with Gasteiger partial charge in [-0.25, -0.2) is 0 Å². The zero-order valence-electron chi connectivity index (χ0n) is 58.2. The number of hydrogen-bond acceptors (Lipinski definition) is 3. The summed E-state index contributed by atoms with van der Waals surface area (Å²) in [4.78, 5) is 13.8. The Morgan fingerprint density at radius 2 is 0.737 bits per heavy atom. The molecule has 5 aromatic heterocycles. The third-order valence-electron chi connectivity index (χ3n) is 19.3. The van der Waals surface area contributed by atoms with Gasteiger partial charge in [-0.3, -0.25) is 15.0 Å². The molecule has 9 heteroatoms. The molecule has 0 amide bonds.